The second kappa shape index (κ2) is 7.06. The van der Waals surface area contributed by atoms with E-state index in [0.29, 0.717) is 42.7 Å². The lowest BCUT2D eigenvalue weighted by molar-refractivity contribution is -0.134. The molecule has 0 unspecified atom stereocenters. The van der Waals surface area contributed by atoms with Gasteiger partial charge in [0.05, 0.1) is 18.2 Å². The zero-order valence-electron chi connectivity index (χ0n) is 16.8. The van der Waals surface area contributed by atoms with E-state index in [9.17, 15) is 14.4 Å². The first-order chi connectivity index (χ1) is 13.8. The highest BCUT2D eigenvalue weighted by Gasteiger charge is 2.27. The molecule has 0 spiro atoms. The van der Waals surface area contributed by atoms with Crippen LogP contribution in [0.3, 0.4) is 0 Å². The first-order valence-corrected chi connectivity index (χ1v) is 9.78. The van der Waals surface area contributed by atoms with Gasteiger partial charge in [-0.1, -0.05) is 0 Å². The predicted octanol–water partition coefficient (Wildman–Crippen LogP) is 2.73. The van der Waals surface area contributed by atoms with Gasteiger partial charge in [-0.25, -0.2) is 4.79 Å². The van der Waals surface area contributed by atoms with E-state index in [4.69, 9.17) is 14.6 Å². The molecule has 2 N–H and O–H groups in total. The molecule has 1 aliphatic rings. The lowest BCUT2D eigenvalue weighted by atomic mass is 9.95. The first-order valence-electron chi connectivity index (χ1n) is 9.78. The van der Waals surface area contributed by atoms with E-state index in [2.05, 4.69) is 0 Å². The molecule has 0 radical (unpaired) electrons. The van der Waals surface area contributed by atoms with Gasteiger partial charge in [-0.15, -0.1) is 0 Å². The van der Waals surface area contributed by atoms with Gasteiger partial charge >= 0.3 is 5.63 Å². The van der Waals surface area contributed by atoms with Crippen molar-refractivity contribution in [2.75, 3.05) is 13.1 Å². The maximum atomic E-state index is 12.8. The van der Waals surface area contributed by atoms with Crippen molar-refractivity contribution in [2.24, 2.45) is 11.7 Å². The molecular formula is C22H24N2O5. The number of fused-ring (bicyclic) bond motifs is 2. The van der Waals surface area contributed by atoms with Crippen LogP contribution in [0.5, 0.6) is 0 Å². The summed E-state index contributed by atoms with van der Waals surface area (Å²) < 4.78 is 11.2. The minimum Gasteiger partial charge on any atom is -0.464 e. The van der Waals surface area contributed by atoms with E-state index in [-0.39, 0.29) is 24.2 Å². The molecule has 0 aliphatic carbocycles. The highest BCUT2D eigenvalue weighted by atomic mass is 16.4. The molecule has 4 rings (SSSR count). The molecule has 1 fully saturated rings. The Morgan fingerprint density at radius 2 is 1.79 bits per heavy atom. The van der Waals surface area contributed by atoms with E-state index in [0.717, 1.165) is 27.5 Å². The number of nitrogens with zero attached hydrogens (tertiary/aromatic N) is 1. The number of rotatable bonds is 3. The van der Waals surface area contributed by atoms with E-state index < -0.39 is 5.63 Å². The number of amides is 2. The highest BCUT2D eigenvalue weighted by molar-refractivity contribution is 6.00. The summed E-state index contributed by atoms with van der Waals surface area (Å²) in [5, 5.41) is 1.78. The Labute approximate surface area is 167 Å². The number of hydrogen-bond donors (Lipinski definition) is 1. The quantitative estimate of drug-likeness (QED) is 0.685. The second-order valence-corrected chi connectivity index (χ2v) is 7.90. The van der Waals surface area contributed by atoms with Gasteiger partial charge in [-0.05, 0) is 50.8 Å². The molecular weight excluding hydrogens is 372 g/mol. The SMILES string of the molecule is Cc1coc2c(C)c3oc(=O)c(CC(=O)N4CCC(C(N)=O)CC4)c(C)c3cc12. The van der Waals surface area contributed by atoms with Crippen LogP contribution >= 0.6 is 0 Å². The van der Waals surface area contributed by atoms with Gasteiger partial charge in [0.2, 0.25) is 11.8 Å². The standard InChI is InChI=1S/C22H24N2O5/c1-11-10-28-19-13(3)20-16(8-15(11)19)12(2)17(22(27)29-20)9-18(25)24-6-4-14(5-7-24)21(23)26/h8,10,14H,4-7,9H2,1-3H3,(H2,23,26). The van der Waals surface area contributed by atoms with Gasteiger partial charge in [0.1, 0.15) is 11.2 Å². The van der Waals surface area contributed by atoms with Gasteiger partial charge in [0.15, 0.2) is 0 Å². The van der Waals surface area contributed by atoms with Crippen molar-refractivity contribution in [3.63, 3.8) is 0 Å². The number of hydrogen-bond acceptors (Lipinski definition) is 5. The van der Waals surface area contributed by atoms with Crippen LogP contribution in [0.4, 0.5) is 0 Å². The number of carbonyl (C=O) groups is 2. The Balaban J connectivity index is 1.68. The molecule has 7 nitrogen and oxygen atoms in total. The van der Waals surface area contributed by atoms with Crippen LogP contribution in [0.25, 0.3) is 21.9 Å². The summed E-state index contributed by atoms with van der Waals surface area (Å²) in [5.74, 6) is -0.644. The molecule has 0 bridgehead atoms. The maximum absolute atomic E-state index is 12.8. The van der Waals surface area contributed by atoms with Crippen LogP contribution in [0.15, 0.2) is 26.0 Å². The van der Waals surface area contributed by atoms with Gasteiger partial charge in [-0.2, -0.15) is 0 Å². The summed E-state index contributed by atoms with van der Waals surface area (Å²) in [7, 11) is 0. The monoisotopic (exact) mass is 396 g/mol. The van der Waals surface area contributed by atoms with Crippen LogP contribution in [-0.2, 0) is 16.0 Å². The van der Waals surface area contributed by atoms with Crippen molar-refractivity contribution < 1.29 is 18.4 Å². The third-order valence-corrected chi connectivity index (χ3v) is 6.11. The molecule has 3 aromatic rings. The lowest BCUT2D eigenvalue weighted by Gasteiger charge is -2.30. The summed E-state index contributed by atoms with van der Waals surface area (Å²) >= 11 is 0. The molecule has 0 saturated carbocycles. The second-order valence-electron chi connectivity index (χ2n) is 7.90. The number of piperidine rings is 1. The fraction of sp³-hybridized carbons (Fsp3) is 0.409. The summed E-state index contributed by atoms with van der Waals surface area (Å²) in [6, 6.07) is 1.96. The molecule has 1 saturated heterocycles. The van der Waals surface area contributed by atoms with E-state index in [1.807, 2.05) is 26.8 Å². The van der Waals surface area contributed by atoms with Crippen molar-refractivity contribution in [3.8, 4) is 0 Å². The Morgan fingerprint density at radius 3 is 2.45 bits per heavy atom. The van der Waals surface area contributed by atoms with Crippen LogP contribution in [0.1, 0.15) is 35.1 Å². The maximum Gasteiger partial charge on any atom is 0.340 e. The van der Waals surface area contributed by atoms with Crippen LogP contribution in [0, 0.1) is 26.7 Å². The van der Waals surface area contributed by atoms with Gasteiger partial charge in [0.25, 0.3) is 0 Å². The Bertz CT molecular complexity index is 1200. The molecule has 1 aromatic carbocycles. The average Bonchev–Trinajstić information content (AvgIpc) is 3.07. The third kappa shape index (κ3) is 3.20. The van der Waals surface area contributed by atoms with E-state index in [1.165, 1.54) is 0 Å². The number of carbonyl (C=O) groups excluding carboxylic acids is 2. The summed E-state index contributed by atoms with van der Waals surface area (Å²) in [5.41, 5.74) is 8.96. The minimum absolute atomic E-state index is 0.0210. The zero-order chi connectivity index (χ0) is 20.9. The molecule has 7 heteroatoms. The Kier molecular flexibility index (Phi) is 4.68. The Hall–Kier alpha value is -3.09. The van der Waals surface area contributed by atoms with Crippen molar-refractivity contribution in [1.82, 2.24) is 4.90 Å². The van der Waals surface area contributed by atoms with Gasteiger partial charge in [-0.3, -0.25) is 9.59 Å². The number of benzene rings is 1. The zero-order valence-corrected chi connectivity index (χ0v) is 16.8. The van der Waals surface area contributed by atoms with Crippen molar-refractivity contribution in [1.29, 1.82) is 0 Å². The molecule has 152 valence electrons. The lowest BCUT2D eigenvalue weighted by Crippen LogP contribution is -2.42. The van der Waals surface area contributed by atoms with E-state index in [1.54, 1.807) is 11.2 Å². The smallest absolute Gasteiger partial charge is 0.340 e. The van der Waals surface area contributed by atoms with Crippen LogP contribution < -0.4 is 11.4 Å². The van der Waals surface area contributed by atoms with Crippen LogP contribution in [0.2, 0.25) is 0 Å². The highest BCUT2D eigenvalue weighted by Crippen LogP contribution is 2.32. The molecule has 0 atom stereocenters. The molecule has 29 heavy (non-hydrogen) atoms. The van der Waals surface area contributed by atoms with Crippen molar-refractivity contribution in [3.05, 3.63) is 45.0 Å². The molecule has 1 aliphatic heterocycles. The summed E-state index contributed by atoms with van der Waals surface area (Å²) in [4.78, 5) is 38.5. The number of furan rings is 1. The van der Waals surface area contributed by atoms with E-state index >= 15 is 0 Å². The number of nitrogens with two attached hydrogens (primary N) is 1. The van der Waals surface area contributed by atoms with Gasteiger partial charge < -0.3 is 19.5 Å². The molecule has 2 aromatic heterocycles. The Morgan fingerprint density at radius 1 is 1.10 bits per heavy atom. The van der Waals surface area contributed by atoms with Crippen LogP contribution in [-0.4, -0.2) is 29.8 Å². The predicted molar refractivity (Wildman–Crippen MR) is 109 cm³/mol. The number of aryl methyl sites for hydroxylation is 3. The number of primary amides is 1. The van der Waals surface area contributed by atoms with Crippen molar-refractivity contribution >= 4 is 33.8 Å². The average molecular weight is 396 g/mol. The van der Waals surface area contributed by atoms with Crippen molar-refractivity contribution in [2.45, 2.75) is 40.0 Å². The molecule has 2 amide bonds. The number of likely N-dealkylation sites (tertiary alicyclic amines) is 1. The topological polar surface area (TPSA) is 107 Å². The first kappa shape index (κ1) is 19.2. The minimum atomic E-state index is -0.499. The largest absolute Gasteiger partial charge is 0.464 e. The van der Waals surface area contributed by atoms with Gasteiger partial charge in [0, 0.05) is 35.3 Å². The fourth-order valence-electron chi connectivity index (χ4n) is 4.20. The summed E-state index contributed by atoms with van der Waals surface area (Å²) in [6.07, 6.45) is 2.78. The molecule has 3 heterocycles. The third-order valence-electron chi connectivity index (χ3n) is 6.11. The normalized spacial score (nSPS) is 15.3. The fourth-order valence-corrected chi connectivity index (χ4v) is 4.20. The summed E-state index contributed by atoms with van der Waals surface area (Å²) in [6.45, 7) is 6.62.